The van der Waals surface area contributed by atoms with Crippen LogP contribution < -0.4 is 27.3 Å². The number of thioether (sulfide) groups is 1. The minimum atomic E-state index is -0.875. The molecule has 0 unspecified atom stereocenters. The van der Waals surface area contributed by atoms with Crippen molar-refractivity contribution in [3.8, 4) is 39.6 Å². The van der Waals surface area contributed by atoms with E-state index in [2.05, 4.69) is 22.4 Å². The van der Waals surface area contributed by atoms with Crippen molar-refractivity contribution in [1.29, 1.82) is 10.5 Å². The van der Waals surface area contributed by atoms with Crippen molar-refractivity contribution in [3.63, 3.8) is 0 Å². The monoisotopic (exact) mass is 790 g/mol. The third-order valence-corrected chi connectivity index (χ3v) is 9.37. The Hall–Kier alpha value is -4.12. The summed E-state index contributed by atoms with van der Waals surface area (Å²) in [5, 5.41) is 26.4. The lowest BCUT2D eigenvalue weighted by atomic mass is 9.97. The quantitative estimate of drug-likeness (QED) is 0.0596. The summed E-state index contributed by atoms with van der Waals surface area (Å²) in [5.74, 6) is -0.127. The number of benzene rings is 2. The summed E-state index contributed by atoms with van der Waals surface area (Å²) < 4.78 is 10.9. The molecule has 7 N–H and O–H groups in total. The van der Waals surface area contributed by atoms with E-state index in [1.54, 1.807) is 24.3 Å². The molecule has 51 heavy (non-hydrogen) atoms. The molecule has 2 aromatic heterocycles. The van der Waals surface area contributed by atoms with Gasteiger partial charge in [0.05, 0.1) is 17.3 Å². The SMILES string of the molecule is C[C@@H](NC(=O)[C@@H](N)CCCCN)C(=O)OCCOc1ccc(-c2c(C#N)c(N)nc(SCc3csc(-c4ccc(Cl)cc4)n3)c2C#N)cc1.Cl.Cl. The Morgan fingerprint density at radius 1 is 1.00 bits per heavy atom. The maximum absolute atomic E-state index is 12.3. The van der Waals surface area contributed by atoms with E-state index in [4.69, 9.17) is 43.3 Å². The fourth-order valence-corrected chi connectivity index (χ4v) is 6.54. The normalized spacial score (nSPS) is 11.5. The molecule has 0 radical (unpaired) electrons. The number of hydrogen-bond donors (Lipinski definition) is 4. The number of nitrogen functional groups attached to an aromatic ring is 1. The van der Waals surface area contributed by atoms with Gasteiger partial charge in [0.15, 0.2) is 0 Å². The Kier molecular flexibility index (Phi) is 18.0. The van der Waals surface area contributed by atoms with Gasteiger partial charge in [0, 0.05) is 27.3 Å². The van der Waals surface area contributed by atoms with Crippen LogP contribution in [0, 0.1) is 22.7 Å². The number of rotatable bonds is 16. The maximum atomic E-state index is 12.3. The molecule has 0 aliphatic heterocycles. The zero-order valence-electron chi connectivity index (χ0n) is 27.5. The zero-order chi connectivity index (χ0) is 35.3. The van der Waals surface area contributed by atoms with Crippen molar-refractivity contribution in [3.05, 3.63) is 75.8 Å². The fourth-order valence-electron chi connectivity index (χ4n) is 4.60. The third-order valence-electron chi connectivity index (χ3n) is 7.17. The van der Waals surface area contributed by atoms with Crippen LogP contribution in [0.1, 0.15) is 43.0 Å². The van der Waals surface area contributed by atoms with Gasteiger partial charge in [0.25, 0.3) is 0 Å². The van der Waals surface area contributed by atoms with Gasteiger partial charge in [-0.1, -0.05) is 54.0 Å². The molecule has 0 aliphatic carbocycles. The van der Waals surface area contributed by atoms with Crippen LogP contribution in [-0.4, -0.2) is 53.7 Å². The van der Waals surface area contributed by atoms with Crippen molar-refractivity contribution in [1.82, 2.24) is 15.3 Å². The second kappa shape index (κ2) is 21.3. The topological polar surface area (TPSA) is 216 Å². The van der Waals surface area contributed by atoms with Crippen LogP contribution in [0.4, 0.5) is 5.82 Å². The summed E-state index contributed by atoms with van der Waals surface area (Å²) in [6.45, 7) is 2.04. The lowest BCUT2D eigenvalue weighted by Gasteiger charge is -2.17. The Morgan fingerprint density at radius 3 is 2.31 bits per heavy atom. The van der Waals surface area contributed by atoms with Crippen LogP contribution in [0.3, 0.4) is 0 Å². The molecule has 2 atom stereocenters. The first-order chi connectivity index (χ1) is 23.6. The van der Waals surface area contributed by atoms with E-state index in [-0.39, 0.29) is 55.0 Å². The van der Waals surface area contributed by atoms with Gasteiger partial charge >= 0.3 is 5.97 Å². The average Bonchev–Trinajstić information content (AvgIpc) is 3.58. The Balaban J connectivity index is 0.00000451. The number of carbonyl (C=O) groups is 2. The highest BCUT2D eigenvalue weighted by Crippen LogP contribution is 2.37. The van der Waals surface area contributed by atoms with Crippen LogP contribution in [0.2, 0.25) is 5.02 Å². The molecular weight excluding hydrogens is 755 g/mol. The summed E-state index contributed by atoms with van der Waals surface area (Å²) in [6.07, 6.45) is 1.96. The molecule has 0 saturated heterocycles. The number of nitrogens with one attached hydrogen (secondary N) is 1. The van der Waals surface area contributed by atoms with Crippen LogP contribution in [0.5, 0.6) is 5.75 Å². The number of esters is 1. The fraction of sp³-hybridized carbons (Fsp3) is 0.294. The number of thiazole rings is 1. The van der Waals surface area contributed by atoms with E-state index in [1.807, 2.05) is 29.6 Å². The number of unbranched alkanes of at least 4 members (excludes halogenated alkanes) is 1. The largest absolute Gasteiger partial charge is 0.490 e. The number of anilines is 1. The lowest BCUT2D eigenvalue weighted by Crippen LogP contribution is -2.47. The number of pyridine rings is 1. The van der Waals surface area contributed by atoms with Crippen molar-refractivity contribution < 1.29 is 19.1 Å². The number of nitrogens with zero attached hydrogens (tertiary/aromatic N) is 4. The molecule has 270 valence electrons. The highest BCUT2D eigenvalue weighted by molar-refractivity contribution is 7.98. The standard InChI is InChI=1S/C34H35ClN8O4S2.2ClH/c1-20(41-31(44)28(39)4-2-3-13-36)34(45)47-15-14-46-25-11-7-21(8-12-25)29-26(16-37)30(40)43-33(27(29)17-38)49-19-24-18-48-32(42-24)22-5-9-23(35)10-6-22;;/h5-12,18,20,28H,2-4,13-15,19,36,39H2,1H3,(H2,40,43)(H,41,44);2*1H/t20-,28+;;/m1../s1. The summed E-state index contributed by atoms with van der Waals surface area (Å²) in [5.41, 5.74) is 20.6. The number of nitrogens with two attached hydrogens (primary N) is 3. The Morgan fingerprint density at radius 2 is 1.67 bits per heavy atom. The van der Waals surface area contributed by atoms with Gasteiger partial charge in [-0.05, 0) is 56.1 Å². The van der Waals surface area contributed by atoms with Gasteiger partial charge in [-0.3, -0.25) is 4.79 Å². The van der Waals surface area contributed by atoms with Gasteiger partial charge in [0.2, 0.25) is 5.91 Å². The summed E-state index contributed by atoms with van der Waals surface area (Å²) in [6, 6.07) is 16.9. The maximum Gasteiger partial charge on any atom is 0.328 e. The minimum absolute atomic E-state index is 0. The van der Waals surface area contributed by atoms with Gasteiger partial charge in [-0.2, -0.15) is 10.5 Å². The number of aromatic nitrogens is 2. The molecule has 0 spiro atoms. The molecule has 0 bridgehead atoms. The van der Waals surface area contributed by atoms with Crippen LogP contribution in [0.25, 0.3) is 21.7 Å². The second-order valence-corrected chi connectivity index (χ2v) is 13.0. The molecule has 17 heteroatoms. The van der Waals surface area contributed by atoms with E-state index in [0.717, 1.165) is 29.1 Å². The van der Waals surface area contributed by atoms with Crippen molar-refractivity contribution in [2.45, 2.75) is 49.0 Å². The van der Waals surface area contributed by atoms with Gasteiger partial charge in [-0.15, -0.1) is 36.2 Å². The summed E-state index contributed by atoms with van der Waals surface area (Å²) in [7, 11) is 0. The number of ether oxygens (including phenoxy) is 2. The highest BCUT2D eigenvalue weighted by atomic mass is 35.5. The number of nitriles is 2. The van der Waals surface area contributed by atoms with E-state index in [0.29, 0.717) is 45.6 Å². The predicted octanol–water partition coefficient (Wildman–Crippen LogP) is 5.87. The van der Waals surface area contributed by atoms with E-state index < -0.39 is 24.0 Å². The van der Waals surface area contributed by atoms with E-state index in [9.17, 15) is 20.1 Å². The highest BCUT2D eigenvalue weighted by Gasteiger charge is 2.22. The molecule has 1 amide bonds. The second-order valence-electron chi connectivity index (χ2n) is 10.8. The Labute approximate surface area is 321 Å². The number of amides is 1. The number of hydrogen-bond acceptors (Lipinski definition) is 13. The first-order valence-corrected chi connectivity index (χ1v) is 17.5. The molecule has 12 nitrogen and oxygen atoms in total. The molecule has 2 aromatic carbocycles. The van der Waals surface area contributed by atoms with Gasteiger partial charge in [-0.25, -0.2) is 14.8 Å². The molecule has 0 saturated carbocycles. The van der Waals surface area contributed by atoms with Gasteiger partial charge in [0.1, 0.15) is 58.6 Å². The van der Waals surface area contributed by atoms with E-state index in [1.165, 1.54) is 30.0 Å². The first kappa shape index (κ1) is 43.0. The van der Waals surface area contributed by atoms with Gasteiger partial charge < -0.3 is 32.0 Å². The van der Waals surface area contributed by atoms with E-state index >= 15 is 0 Å². The van der Waals surface area contributed by atoms with Crippen LogP contribution >= 0.6 is 59.5 Å². The average molecular weight is 792 g/mol. The van der Waals surface area contributed by atoms with Crippen molar-refractivity contribution in [2.24, 2.45) is 11.5 Å². The third kappa shape index (κ3) is 12.0. The molecule has 0 aliphatic rings. The van der Waals surface area contributed by atoms with Crippen molar-refractivity contribution in [2.75, 3.05) is 25.5 Å². The van der Waals surface area contributed by atoms with Crippen molar-refractivity contribution >= 4 is 77.2 Å². The molecular formula is C34H37Cl3N8O4S2. The van der Waals surface area contributed by atoms with Crippen LogP contribution in [-0.2, 0) is 20.1 Å². The Bertz CT molecular complexity index is 1850. The molecule has 2 heterocycles. The van der Waals surface area contributed by atoms with Crippen LogP contribution in [0.15, 0.2) is 58.9 Å². The zero-order valence-corrected chi connectivity index (χ0v) is 31.5. The molecule has 4 aromatic rings. The number of carbonyl (C=O) groups excluding carboxylic acids is 2. The summed E-state index contributed by atoms with van der Waals surface area (Å²) >= 11 is 8.81. The summed E-state index contributed by atoms with van der Waals surface area (Å²) in [4.78, 5) is 33.6. The predicted molar refractivity (Wildman–Crippen MR) is 205 cm³/mol. The molecule has 4 rings (SSSR count). The number of halogens is 3. The smallest absolute Gasteiger partial charge is 0.328 e. The lowest BCUT2D eigenvalue weighted by molar-refractivity contribution is -0.148. The minimum Gasteiger partial charge on any atom is -0.490 e. The first-order valence-electron chi connectivity index (χ1n) is 15.3. The molecule has 0 fully saturated rings.